The number of oxazole rings is 1. The molecule has 1 amide bonds. The summed E-state index contributed by atoms with van der Waals surface area (Å²) in [5, 5.41) is 0. The Balaban J connectivity index is 1.50. The maximum atomic E-state index is 12.5. The summed E-state index contributed by atoms with van der Waals surface area (Å²) < 4.78 is 5.80. The molecule has 6 nitrogen and oxygen atoms in total. The second kappa shape index (κ2) is 7.01. The number of rotatable bonds is 4. The van der Waals surface area contributed by atoms with Crippen LogP contribution in [-0.2, 0) is 17.8 Å². The third-order valence-electron chi connectivity index (χ3n) is 4.83. The van der Waals surface area contributed by atoms with E-state index in [1.165, 1.54) is 0 Å². The quantitative estimate of drug-likeness (QED) is 0.837. The molecular weight excluding hydrogens is 292 g/mol. The summed E-state index contributed by atoms with van der Waals surface area (Å²) in [5.74, 6) is 2.30. The Labute approximate surface area is 138 Å². The fraction of sp³-hybridized carbons (Fsp3) is 0.765. The van der Waals surface area contributed by atoms with Crippen LogP contribution in [0.5, 0.6) is 0 Å². The zero-order valence-corrected chi connectivity index (χ0v) is 14.5. The summed E-state index contributed by atoms with van der Waals surface area (Å²) in [4.78, 5) is 23.7. The van der Waals surface area contributed by atoms with E-state index in [1.807, 2.05) is 4.90 Å². The zero-order valence-electron chi connectivity index (χ0n) is 14.5. The van der Waals surface area contributed by atoms with Crippen LogP contribution < -0.4 is 0 Å². The van der Waals surface area contributed by atoms with Gasteiger partial charge in [0.1, 0.15) is 11.5 Å². The van der Waals surface area contributed by atoms with E-state index in [2.05, 4.69) is 35.7 Å². The molecule has 1 saturated heterocycles. The Morgan fingerprint density at radius 2 is 1.96 bits per heavy atom. The summed E-state index contributed by atoms with van der Waals surface area (Å²) in [6.45, 7) is 10.7. The molecule has 0 aliphatic carbocycles. The molecule has 2 aliphatic heterocycles. The molecule has 6 heteroatoms. The second-order valence-corrected chi connectivity index (χ2v) is 7.04. The van der Waals surface area contributed by atoms with Crippen molar-refractivity contribution in [3.8, 4) is 0 Å². The van der Waals surface area contributed by atoms with E-state index in [0.717, 1.165) is 63.0 Å². The molecule has 0 atom stereocenters. The van der Waals surface area contributed by atoms with Crippen LogP contribution in [-0.4, -0.2) is 71.9 Å². The first kappa shape index (κ1) is 16.5. The number of fused-ring (bicyclic) bond motifs is 1. The topological polar surface area (TPSA) is 52.8 Å². The van der Waals surface area contributed by atoms with E-state index < -0.39 is 0 Å². The highest BCUT2D eigenvalue weighted by Gasteiger charge is 2.26. The molecule has 0 saturated carbocycles. The molecule has 0 radical (unpaired) electrons. The highest BCUT2D eigenvalue weighted by atomic mass is 16.4. The molecule has 0 bridgehead atoms. The summed E-state index contributed by atoms with van der Waals surface area (Å²) >= 11 is 0. The molecule has 0 unspecified atom stereocenters. The van der Waals surface area contributed by atoms with Crippen LogP contribution in [0.4, 0.5) is 0 Å². The molecule has 23 heavy (non-hydrogen) atoms. The van der Waals surface area contributed by atoms with Gasteiger partial charge in [0.05, 0.1) is 6.54 Å². The summed E-state index contributed by atoms with van der Waals surface area (Å²) in [6.07, 6.45) is 1.39. The zero-order chi connectivity index (χ0) is 16.4. The molecule has 0 spiro atoms. The van der Waals surface area contributed by atoms with Crippen molar-refractivity contribution in [2.45, 2.75) is 39.2 Å². The van der Waals surface area contributed by atoms with Crippen LogP contribution in [0.3, 0.4) is 0 Å². The molecule has 0 N–H and O–H groups in total. The van der Waals surface area contributed by atoms with Crippen molar-refractivity contribution in [3.63, 3.8) is 0 Å². The van der Waals surface area contributed by atoms with Gasteiger partial charge in [-0.25, -0.2) is 4.98 Å². The van der Waals surface area contributed by atoms with Crippen molar-refractivity contribution in [1.29, 1.82) is 0 Å². The third kappa shape index (κ3) is 3.93. The van der Waals surface area contributed by atoms with Gasteiger partial charge in [-0.15, -0.1) is 0 Å². The predicted octanol–water partition coefficient (Wildman–Crippen LogP) is 1.32. The Morgan fingerprint density at radius 3 is 2.65 bits per heavy atom. The van der Waals surface area contributed by atoms with Crippen molar-refractivity contribution >= 4 is 5.91 Å². The Hall–Kier alpha value is -1.40. The number of amides is 1. The average molecular weight is 320 g/mol. The molecule has 1 fully saturated rings. The Bertz CT molecular complexity index is 547. The normalized spacial score (nSPS) is 20.1. The number of carbonyl (C=O) groups is 1. The maximum absolute atomic E-state index is 12.5. The third-order valence-corrected chi connectivity index (χ3v) is 4.83. The number of hydrogen-bond donors (Lipinski definition) is 0. The molecule has 1 aromatic heterocycles. The van der Waals surface area contributed by atoms with E-state index in [-0.39, 0.29) is 5.91 Å². The van der Waals surface area contributed by atoms with Crippen molar-refractivity contribution < 1.29 is 9.21 Å². The Morgan fingerprint density at radius 1 is 1.22 bits per heavy atom. The van der Waals surface area contributed by atoms with Crippen molar-refractivity contribution in [2.24, 2.45) is 0 Å². The SMILES string of the molecule is CC(C)c1nc2c(o1)CCN(C(=O)CCN1CCN(C)CC1)C2. The lowest BCUT2D eigenvalue weighted by Crippen LogP contribution is -2.46. The molecule has 128 valence electrons. The van der Waals surface area contributed by atoms with Crippen LogP contribution in [0.2, 0.25) is 0 Å². The van der Waals surface area contributed by atoms with E-state index in [0.29, 0.717) is 18.9 Å². The van der Waals surface area contributed by atoms with Crippen LogP contribution in [0.1, 0.15) is 43.5 Å². The highest BCUT2D eigenvalue weighted by Crippen LogP contribution is 2.24. The molecule has 3 rings (SSSR count). The smallest absolute Gasteiger partial charge is 0.224 e. The number of likely N-dealkylation sites (N-methyl/N-ethyl adjacent to an activating group) is 1. The lowest BCUT2D eigenvalue weighted by molar-refractivity contribution is -0.132. The molecule has 3 heterocycles. The minimum Gasteiger partial charge on any atom is -0.445 e. The van der Waals surface area contributed by atoms with Gasteiger partial charge in [0.2, 0.25) is 5.91 Å². The number of hydrogen-bond acceptors (Lipinski definition) is 5. The van der Waals surface area contributed by atoms with Crippen LogP contribution in [0, 0.1) is 0 Å². The van der Waals surface area contributed by atoms with Gasteiger partial charge in [0.15, 0.2) is 5.89 Å². The molecule has 1 aromatic rings. The average Bonchev–Trinajstić information content (AvgIpc) is 2.97. The molecule has 2 aliphatic rings. The van der Waals surface area contributed by atoms with Crippen molar-refractivity contribution in [3.05, 3.63) is 17.3 Å². The van der Waals surface area contributed by atoms with Crippen LogP contribution >= 0.6 is 0 Å². The highest BCUT2D eigenvalue weighted by molar-refractivity contribution is 5.76. The Kier molecular flexibility index (Phi) is 5.02. The first-order chi connectivity index (χ1) is 11.0. The fourth-order valence-electron chi connectivity index (χ4n) is 3.16. The number of piperazine rings is 1. The van der Waals surface area contributed by atoms with Crippen molar-refractivity contribution in [1.82, 2.24) is 19.7 Å². The van der Waals surface area contributed by atoms with Gasteiger partial charge in [0.25, 0.3) is 0 Å². The minimum atomic E-state index is 0.240. The van der Waals surface area contributed by atoms with Gasteiger partial charge in [-0.05, 0) is 7.05 Å². The van der Waals surface area contributed by atoms with E-state index in [1.54, 1.807) is 0 Å². The second-order valence-electron chi connectivity index (χ2n) is 7.04. The van der Waals surface area contributed by atoms with Gasteiger partial charge >= 0.3 is 0 Å². The summed E-state index contributed by atoms with van der Waals surface area (Å²) in [6, 6.07) is 0. The number of nitrogens with zero attached hydrogens (tertiary/aromatic N) is 4. The van der Waals surface area contributed by atoms with Gasteiger partial charge in [0, 0.05) is 58.0 Å². The van der Waals surface area contributed by atoms with E-state index >= 15 is 0 Å². The lowest BCUT2D eigenvalue weighted by atomic mass is 10.1. The van der Waals surface area contributed by atoms with Gasteiger partial charge < -0.3 is 19.1 Å². The van der Waals surface area contributed by atoms with Crippen LogP contribution in [0.25, 0.3) is 0 Å². The van der Waals surface area contributed by atoms with Gasteiger partial charge in [-0.1, -0.05) is 13.8 Å². The standard InChI is InChI=1S/C17H28N4O2/c1-13(2)17-18-14-12-21(7-4-15(14)23-17)16(22)5-6-20-10-8-19(3)9-11-20/h13H,4-12H2,1-3H3. The minimum absolute atomic E-state index is 0.240. The van der Waals surface area contributed by atoms with E-state index in [9.17, 15) is 4.79 Å². The van der Waals surface area contributed by atoms with E-state index in [4.69, 9.17) is 4.42 Å². The largest absolute Gasteiger partial charge is 0.445 e. The monoisotopic (exact) mass is 320 g/mol. The van der Waals surface area contributed by atoms with Crippen molar-refractivity contribution in [2.75, 3.05) is 46.3 Å². The molecule has 0 aromatic carbocycles. The first-order valence-corrected chi connectivity index (χ1v) is 8.70. The lowest BCUT2D eigenvalue weighted by Gasteiger charge is -2.33. The number of aromatic nitrogens is 1. The van der Waals surface area contributed by atoms with Gasteiger partial charge in [-0.2, -0.15) is 0 Å². The summed E-state index contributed by atoms with van der Waals surface area (Å²) in [5.41, 5.74) is 0.952. The van der Waals surface area contributed by atoms with Crippen LogP contribution in [0.15, 0.2) is 4.42 Å². The number of carbonyl (C=O) groups excluding carboxylic acids is 1. The predicted molar refractivity (Wildman–Crippen MR) is 88.3 cm³/mol. The summed E-state index contributed by atoms with van der Waals surface area (Å²) in [7, 11) is 2.15. The van der Waals surface area contributed by atoms with Gasteiger partial charge in [-0.3, -0.25) is 4.79 Å². The first-order valence-electron chi connectivity index (χ1n) is 8.70. The fourth-order valence-corrected chi connectivity index (χ4v) is 3.16. The molecular formula is C17H28N4O2. The maximum Gasteiger partial charge on any atom is 0.224 e.